The zero-order valence-corrected chi connectivity index (χ0v) is 14.6. The summed E-state index contributed by atoms with van der Waals surface area (Å²) < 4.78 is 10.8. The molecule has 1 amide bonds. The molecule has 2 rings (SSSR count). The van der Waals surface area contributed by atoms with Gasteiger partial charge >= 0.3 is 0 Å². The van der Waals surface area contributed by atoms with Gasteiger partial charge in [-0.25, -0.2) is 0 Å². The lowest BCUT2D eigenvalue weighted by atomic mass is 10.0. The van der Waals surface area contributed by atoms with E-state index in [-0.39, 0.29) is 5.91 Å². The van der Waals surface area contributed by atoms with Gasteiger partial charge in [0.2, 0.25) is 0 Å². The quantitative estimate of drug-likeness (QED) is 0.806. The van der Waals surface area contributed by atoms with E-state index < -0.39 is 0 Å². The fourth-order valence-corrected chi connectivity index (χ4v) is 2.50. The van der Waals surface area contributed by atoms with Crippen LogP contribution in [0.4, 0.5) is 5.69 Å². The monoisotopic (exact) mass is 325 g/mol. The van der Waals surface area contributed by atoms with Crippen molar-refractivity contribution in [3.05, 3.63) is 65.2 Å². The number of benzene rings is 2. The third kappa shape index (κ3) is 3.77. The van der Waals surface area contributed by atoms with E-state index >= 15 is 0 Å². The van der Waals surface area contributed by atoms with Gasteiger partial charge in [0, 0.05) is 16.8 Å². The molecule has 0 spiro atoms. The van der Waals surface area contributed by atoms with Gasteiger partial charge in [0.05, 0.1) is 14.2 Å². The van der Waals surface area contributed by atoms with E-state index in [1.165, 1.54) is 5.56 Å². The first-order valence-electron chi connectivity index (χ1n) is 7.74. The van der Waals surface area contributed by atoms with Gasteiger partial charge < -0.3 is 14.8 Å². The predicted molar refractivity (Wildman–Crippen MR) is 97.3 cm³/mol. The summed E-state index contributed by atoms with van der Waals surface area (Å²) in [6.45, 7) is 7.81. The number of hydrogen-bond donors (Lipinski definition) is 1. The zero-order valence-electron chi connectivity index (χ0n) is 14.6. The number of ether oxygens (including phenoxy) is 2. The van der Waals surface area contributed by atoms with Gasteiger partial charge in [-0.05, 0) is 55.7 Å². The van der Waals surface area contributed by atoms with Crippen LogP contribution in [-0.4, -0.2) is 20.1 Å². The number of carbonyl (C=O) groups is 1. The lowest BCUT2D eigenvalue weighted by Crippen LogP contribution is -2.13. The molecule has 0 atom stereocenters. The highest BCUT2D eigenvalue weighted by Gasteiger charge is 2.16. The van der Waals surface area contributed by atoms with Gasteiger partial charge in [0.1, 0.15) is 0 Å². The van der Waals surface area contributed by atoms with E-state index in [0.29, 0.717) is 23.5 Å². The summed E-state index contributed by atoms with van der Waals surface area (Å²) in [5.74, 6) is 0.965. The van der Waals surface area contributed by atoms with E-state index in [1.807, 2.05) is 32.0 Å². The topological polar surface area (TPSA) is 47.6 Å². The number of hydrogen-bond acceptors (Lipinski definition) is 3. The molecule has 2 aromatic rings. The molecule has 0 unspecified atom stereocenters. The Morgan fingerprint density at radius 3 is 2.46 bits per heavy atom. The highest BCUT2D eigenvalue weighted by Crippen LogP contribution is 2.33. The first-order chi connectivity index (χ1) is 11.5. The molecule has 0 saturated carbocycles. The van der Waals surface area contributed by atoms with Crippen LogP contribution in [0.1, 0.15) is 27.0 Å². The van der Waals surface area contributed by atoms with Gasteiger partial charge in [0.15, 0.2) is 11.5 Å². The van der Waals surface area contributed by atoms with Gasteiger partial charge in [-0.2, -0.15) is 0 Å². The maximum Gasteiger partial charge on any atom is 0.255 e. The largest absolute Gasteiger partial charge is 0.493 e. The van der Waals surface area contributed by atoms with Crippen molar-refractivity contribution in [2.45, 2.75) is 20.3 Å². The highest BCUT2D eigenvalue weighted by molar-refractivity contribution is 6.05. The van der Waals surface area contributed by atoms with Crippen molar-refractivity contribution >= 4 is 11.6 Å². The molecular formula is C20H23NO3. The predicted octanol–water partition coefficient (Wildman–Crippen LogP) is 4.30. The lowest BCUT2D eigenvalue weighted by molar-refractivity contribution is 0.102. The van der Waals surface area contributed by atoms with E-state index in [9.17, 15) is 4.79 Å². The molecule has 4 nitrogen and oxygen atoms in total. The van der Waals surface area contributed by atoms with Crippen molar-refractivity contribution in [2.75, 3.05) is 19.5 Å². The first-order valence-corrected chi connectivity index (χ1v) is 7.74. The maximum absolute atomic E-state index is 12.6. The van der Waals surface area contributed by atoms with Crippen molar-refractivity contribution in [1.29, 1.82) is 0 Å². The van der Waals surface area contributed by atoms with Crippen molar-refractivity contribution in [2.24, 2.45) is 0 Å². The molecule has 126 valence electrons. The van der Waals surface area contributed by atoms with Gasteiger partial charge in [-0.15, -0.1) is 6.58 Å². The normalized spacial score (nSPS) is 10.2. The van der Waals surface area contributed by atoms with Crippen LogP contribution in [0.25, 0.3) is 0 Å². The summed E-state index contributed by atoms with van der Waals surface area (Å²) >= 11 is 0. The van der Waals surface area contributed by atoms with Crippen molar-refractivity contribution in [1.82, 2.24) is 0 Å². The summed E-state index contributed by atoms with van der Waals surface area (Å²) in [6.07, 6.45) is 2.35. The number of nitrogens with one attached hydrogen (secondary N) is 1. The zero-order chi connectivity index (χ0) is 17.7. The van der Waals surface area contributed by atoms with Crippen LogP contribution < -0.4 is 14.8 Å². The van der Waals surface area contributed by atoms with Crippen molar-refractivity contribution in [3.63, 3.8) is 0 Å². The molecular weight excluding hydrogens is 302 g/mol. The molecule has 0 heterocycles. The average molecular weight is 325 g/mol. The minimum Gasteiger partial charge on any atom is -0.493 e. The third-order valence-electron chi connectivity index (χ3n) is 3.95. The Morgan fingerprint density at radius 1 is 1.12 bits per heavy atom. The molecule has 4 heteroatoms. The summed E-state index contributed by atoms with van der Waals surface area (Å²) in [5.41, 5.74) is 4.46. The Kier molecular flexibility index (Phi) is 5.64. The Hall–Kier alpha value is -2.75. The number of methoxy groups -OCH3 is 2. The smallest absolute Gasteiger partial charge is 0.255 e. The molecule has 0 aromatic heterocycles. The highest BCUT2D eigenvalue weighted by atomic mass is 16.5. The van der Waals surface area contributed by atoms with Crippen LogP contribution in [0.2, 0.25) is 0 Å². The van der Waals surface area contributed by atoms with Crippen LogP contribution in [0.5, 0.6) is 11.5 Å². The fraction of sp³-hybridized carbons (Fsp3) is 0.250. The molecule has 1 N–H and O–H groups in total. The SMILES string of the molecule is C=CCc1cc(C(=O)Nc2ccc(C)c(C)c2)cc(OC)c1OC. The molecule has 0 saturated heterocycles. The van der Waals surface area contributed by atoms with Crippen LogP contribution in [0.3, 0.4) is 0 Å². The van der Waals surface area contributed by atoms with E-state index in [0.717, 1.165) is 16.8 Å². The Balaban J connectivity index is 2.35. The summed E-state index contributed by atoms with van der Waals surface area (Å²) in [7, 11) is 3.14. The minimum atomic E-state index is -0.190. The number of allylic oxidation sites excluding steroid dienone is 1. The van der Waals surface area contributed by atoms with Crippen molar-refractivity contribution in [3.8, 4) is 11.5 Å². The van der Waals surface area contributed by atoms with Crippen LogP contribution >= 0.6 is 0 Å². The van der Waals surface area contributed by atoms with Crippen LogP contribution in [-0.2, 0) is 6.42 Å². The van der Waals surface area contributed by atoms with Gasteiger partial charge in [-0.1, -0.05) is 12.1 Å². The number of anilines is 1. The molecule has 0 aliphatic heterocycles. The molecule has 0 aliphatic rings. The van der Waals surface area contributed by atoms with Crippen molar-refractivity contribution < 1.29 is 14.3 Å². The molecule has 0 aliphatic carbocycles. The Bertz CT molecular complexity index is 766. The summed E-state index contributed by atoms with van der Waals surface area (Å²) in [5, 5.41) is 2.92. The lowest BCUT2D eigenvalue weighted by Gasteiger charge is -2.14. The summed E-state index contributed by atoms with van der Waals surface area (Å²) in [4.78, 5) is 12.6. The fourth-order valence-electron chi connectivity index (χ4n) is 2.50. The van der Waals surface area contributed by atoms with E-state index in [4.69, 9.17) is 9.47 Å². The molecule has 2 aromatic carbocycles. The minimum absolute atomic E-state index is 0.190. The number of rotatable bonds is 6. The maximum atomic E-state index is 12.6. The van der Waals surface area contributed by atoms with Gasteiger partial charge in [-0.3, -0.25) is 4.79 Å². The molecule has 0 radical (unpaired) electrons. The summed E-state index contributed by atoms with van der Waals surface area (Å²) in [6, 6.07) is 9.33. The number of carbonyl (C=O) groups excluding carboxylic acids is 1. The van der Waals surface area contributed by atoms with E-state index in [2.05, 4.69) is 11.9 Å². The second-order valence-electron chi connectivity index (χ2n) is 5.62. The van der Waals surface area contributed by atoms with E-state index in [1.54, 1.807) is 32.4 Å². The second-order valence-corrected chi connectivity index (χ2v) is 5.62. The third-order valence-corrected chi connectivity index (χ3v) is 3.95. The molecule has 24 heavy (non-hydrogen) atoms. The first kappa shape index (κ1) is 17.6. The average Bonchev–Trinajstić information content (AvgIpc) is 2.57. The van der Waals surface area contributed by atoms with Crippen LogP contribution in [0.15, 0.2) is 43.0 Å². The number of aryl methyl sites for hydroxylation is 2. The Labute approximate surface area is 143 Å². The molecule has 0 fully saturated rings. The Morgan fingerprint density at radius 2 is 1.88 bits per heavy atom. The van der Waals surface area contributed by atoms with Crippen LogP contribution in [0, 0.1) is 13.8 Å². The van der Waals surface area contributed by atoms with Gasteiger partial charge in [0.25, 0.3) is 5.91 Å². The second kappa shape index (κ2) is 7.68. The molecule has 0 bridgehead atoms. The number of amides is 1. The standard InChI is InChI=1S/C20H23NO3/c1-6-7-15-11-16(12-18(23-4)19(15)24-5)20(22)21-17-9-8-13(2)14(3)10-17/h6,8-12H,1,7H2,2-5H3,(H,21,22).